The zero-order chi connectivity index (χ0) is 16.0. The van der Waals surface area contributed by atoms with Gasteiger partial charge in [0.25, 0.3) is 0 Å². The van der Waals surface area contributed by atoms with Crippen LogP contribution in [0.3, 0.4) is 0 Å². The Kier molecular flexibility index (Phi) is 9.13. The molecule has 122 valence electrons. The number of rotatable bonds is 10. The molecule has 0 bridgehead atoms. The molecule has 0 radical (unpaired) electrons. The lowest BCUT2D eigenvalue weighted by molar-refractivity contribution is 0.0902. The van der Waals surface area contributed by atoms with Crippen LogP contribution in [0.2, 0.25) is 39.3 Å². The van der Waals surface area contributed by atoms with Crippen LogP contribution < -0.4 is 0 Å². The normalized spacial score (nSPS) is 17.6. The molecule has 0 N–H and O–H groups in total. The molecule has 0 saturated heterocycles. The van der Waals surface area contributed by atoms with Gasteiger partial charge in [0, 0.05) is 5.73 Å². The van der Waals surface area contributed by atoms with E-state index in [1.54, 1.807) is 0 Å². The Morgan fingerprint density at radius 3 is 1.90 bits per heavy atom. The maximum absolute atomic E-state index is 6.76. The summed E-state index contributed by atoms with van der Waals surface area (Å²) in [5.74, 6) is 0. The van der Waals surface area contributed by atoms with Gasteiger partial charge in [0.1, 0.15) is 0 Å². The van der Waals surface area contributed by atoms with Crippen molar-refractivity contribution in [3.8, 4) is 0 Å². The molecule has 0 heterocycles. The molecule has 0 aliphatic rings. The zero-order valence-corrected chi connectivity index (χ0v) is 18.7. The van der Waals surface area contributed by atoms with Crippen LogP contribution in [0.5, 0.6) is 0 Å². The van der Waals surface area contributed by atoms with Crippen molar-refractivity contribution in [3.63, 3.8) is 0 Å². The lowest BCUT2D eigenvalue weighted by atomic mass is 10.1. The molecule has 2 unspecified atom stereocenters. The Balaban J connectivity index is 5.28. The van der Waals surface area contributed by atoms with E-state index in [1.807, 2.05) is 0 Å². The van der Waals surface area contributed by atoms with Gasteiger partial charge in [0.15, 0.2) is 9.04 Å². The van der Waals surface area contributed by atoms with Crippen molar-refractivity contribution in [1.82, 2.24) is 0 Å². The second kappa shape index (κ2) is 8.88. The van der Waals surface area contributed by atoms with Gasteiger partial charge >= 0.3 is 0 Å². The average molecular weight is 335 g/mol. The van der Waals surface area contributed by atoms with Gasteiger partial charge in [-0.3, -0.25) is 0 Å². The van der Waals surface area contributed by atoms with Crippen LogP contribution in [0.15, 0.2) is 0 Å². The first-order valence-corrected chi connectivity index (χ1v) is 17.2. The second-order valence-corrected chi connectivity index (χ2v) is 16.8. The molecule has 20 heavy (non-hydrogen) atoms. The van der Waals surface area contributed by atoms with Gasteiger partial charge in [-0.2, -0.15) is 0 Å². The van der Waals surface area contributed by atoms with Gasteiger partial charge < -0.3 is 8.85 Å². The summed E-state index contributed by atoms with van der Waals surface area (Å²) in [6.07, 6.45) is 4.60. The van der Waals surface area contributed by atoms with E-state index >= 15 is 0 Å². The van der Waals surface area contributed by atoms with Gasteiger partial charge in [-0.1, -0.05) is 40.3 Å². The lowest BCUT2D eigenvalue weighted by Gasteiger charge is -2.47. The molecule has 0 aromatic carbocycles. The van der Waals surface area contributed by atoms with E-state index in [2.05, 4.69) is 60.1 Å². The molecule has 0 aromatic heterocycles. The molecule has 0 saturated carbocycles. The molecule has 2 nitrogen and oxygen atoms in total. The monoisotopic (exact) mass is 334 g/mol. The van der Waals surface area contributed by atoms with Crippen molar-refractivity contribution in [2.45, 2.75) is 96.7 Å². The molecular formula is C15H38O2Si3. The SMILES string of the molecule is CCCC(CC)(O[SiH](C)C)[Si](C)(C)OC(CC)[SiH](C)C. The molecule has 0 fully saturated rings. The van der Waals surface area contributed by atoms with Gasteiger partial charge in [-0.25, -0.2) is 0 Å². The van der Waals surface area contributed by atoms with Crippen LogP contribution in [0, 0.1) is 0 Å². The molecule has 0 amide bonds. The van der Waals surface area contributed by atoms with Crippen molar-refractivity contribution in [2.24, 2.45) is 0 Å². The Morgan fingerprint density at radius 2 is 1.60 bits per heavy atom. The van der Waals surface area contributed by atoms with Crippen molar-refractivity contribution < 1.29 is 8.85 Å². The summed E-state index contributed by atoms with van der Waals surface area (Å²) < 4.78 is 13.4. The van der Waals surface area contributed by atoms with Crippen molar-refractivity contribution in [1.29, 1.82) is 0 Å². The third kappa shape index (κ3) is 5.40. The quantitative estimate of drug-likeness (QED) is 0.548. The van der Waals surface area contributed by atoms with Crippen LogP contribution in [-0.2, 0) is 8.85 Å². The highest BCUT2D eigenvalue weighted by molar-refractivity contribution is 6.75. The third-order valence-electron chi connectivity index (χ3n) is 4.38. The maximum Gasteiger partial charge on any atom is 0.216 e. The molecule has 0 spiro atoms. The smallest absolute Gasteiger partial charge is 0.216 e. The minimum Gasteiger partial charge on any atom is -0.415 e. The fourth-order valence-electron chi connectivity index (χ4n) is 3.22. The predicted octanol–water partition coefficient (Wildman–Crippen LogP) is 4.50. The standard InChI is InChI=1S/C15H38O2Si3/c1-10-13-15(12-3,17-19(6)7)20(8,9)16-14(11-2)18(4)5/h14,18-19H,10-13H2,1-9H3. The maximum atomic E-state index is 6.76. The van der Waals surface area contributed by atoms with E-state index in [1.165, 1.54) is 6.42 Å². The molecule has 0 aliphatic carbocycles. The van der Waals surface area contributed by atoms with Crippen LogP contribution in [-0.4, -0.2) is 37.1 Å². The Labute approximate surface area is 132 Å². The summed E-state index contributed by atoms with van der Waals surface area (Å²) in [5, 5.41) is 0.0266. The van der Waals surface area contributed by atoms with E-state index in [-0.39, 0.29) is 5.22 Å². The first kappa shape index (κ1) is 20.6. The van der Waals surface area contributed by atoms with Crippen molar-refractivity contribution in [2.75, 3.05) is 0 Å². The van der Waals surface area contributed by atoms with Gasteiger partial charge in [-0.15, -0.1) is 0 Å². The summed E-state index contributed by atoms with van der Waals surface area (Å²) in [5.41, 5.74) is 0.511. The Bertz CT molecular complexity index is 270. The molecule has 0 rings (SSSR count). The summed E-state index contributed by atoms with van der Waals surface area (Å²) in [6, 6.07) is 0. The lowest BCUT2D eigenvalue weighted by Crippen LogP contribution is -2.61. The second-order valence-electron chi connectivity index (χ2n) is 7.08. The van der Waals surface area contributed by atoms with E-state index in [4.69, 9.17) is 8.85 Å². The van der Waals surface area contributed by atoms with Crippen LogP contribution in [0.1, 0.15) is 46.5 Å². The van der Waals surface area contributed by atoms with Crippen molar-refractivity contribution in [3.05, 3.63) is 0 Å². The minimum absolute atomic E-state index is 0.0266. The molecular weight excluding hydrogens is 296 g/mol. The van der Waals surface area contributed by atoms with Gasteiger partial charge in [-0.05, 0) is 45.5 Å². The highest BCUT2D eigenvalue weighted by atomic mass is 28.4. The first-order valence-electron chi connectivity index (χ1n) is 8.51. The highest BCUT2D eigenvalue weighted by Crippen LogP contribution is 2.36. The molecule has 5 heteroatoms. The average Bonchev–Trinajstić information content (AvgIpc) is 2.34. The first-order chi connectivity index (χ1) is 9.15. The fraction of sp³-hybridized carbons (Fsp3) is 1.00. The van der Waals surface area contributed by atoms with E-state index in [0.29, 0.717) is 5.73 Å². The van der Waals surface area contributed by atoms with Crippen LogP contribution in [0.4, 0.5) is 0 Å². The Hall–Kier alpha value is 0.571. The number of hydrogen-bond donors (Lipinski definition) is 0. The van der Waals surface area contributed by atoms with E-state index < -0.39 is 26.2 Å². The largest absolute Gasteiger partial charge is 0.415 e. The third-order valence-corrected chi connectivity index (χ3v) is 11.7. The van der Waals surface area contributed by atoms with Crippen molar-refractivity contribution >= 4 is 26.2 Å². The van der Waals surface area contributed by atoms with E-state index in [0.717, 1.165) is 19.3 Å². The fourth-order valence-corrected chi connectivity index (χ4v) is 12.1. The molecule has 0 aromatic rings. The topological polar surface area (TPSA) is 18.5 Å². The highest BCUT2D eigenvalue weighted by Gasteiger charge is 2.49. The zero-order valence-electron chi connectivity index (χ0n) is 15.4. The summed E-state index contributed by atoms with van der Waals surface area (Å²) in [7, 11) is -3.68. The minimum atomic E-state index is -1.87. The van der Waals surface area contributed by atoms with Gasteiger partial charge in [0.05, 0.1) is 14.0 Å². The Morgan fingerprint density at radius 1 is 1.05 bits per heavy atom. The van der Waals surface area contributed by atoms with E-state index in [9.17, 15) is 0 Å². The molecule has 2 atom stereocenters. The predicted molar refractivity (Wildman–Crippen MR) is 99.4 cm³/mol. The van der Waals surface area contributed by atoms with Crippen LogP contribution in [0.25, 0.3) is 0 Å². The van der Waals surface area contributed by atoms with Crippen LogP contribution >= 0.6 is 0 Å². The summed E-state index contributed by atoms with van der Waals surface area (Å²) >= 11 is 0. The molecule has 0 aliphatic heterocycles. The summed E-state index contributed by atoms with van der Waals surface area (Å²) in [6.45, 7) is 21.0. The number of hydrogen-bond acceptors (Lipinski definition) is 2. The van der Waals surface area contributed by atoms with Gasteiger partial charge in [0.2, 0.25) is 8.32 Å². The summed E-state index contributed by atoms with van der Waals surface area (Å²) in [4.78, 5) is 0.